The first kappa shape index (κ1) is 13.9. The summed E-state index contributed by atoms with van der Waals surface area (Å²) in [6.45, 7) is 0. The summed E-state index contributed by atoms with van der Waals surface area (Å²) in [7, 11) is 0. The van der Waals surface area contributed by atoms with Crippen molar-refractivity contribution in [2.24, 2.45) is 0 Å². The van der Waals surface area contributed by atoms with Gasteiger partial charge >= 0.3 is 0 Å². The van der Waals surface area contributed by atoms with Crippen LogP contribution >= 0.6 is 11.6 Å². The summed E-state index contributed by atoms with van der Waals surface area (Å²) < 4.78 is 13.3. The van der Waals surface area contributed by atoms with Crippen molar-refractivity contribution in [3.8, 4) is 6.07 Å². The third-order valence-corrected chi connectivity index (χ3v) is 2.67. The van der Waals surface area contributed by atoms with E-state index in [9.17, 15) is 14.6 Å². The normalized spacial score (nSPS) is 14.1. The van der Waals surface area contributed by atoms with Gasteiger partial charge in [-0.25, -0.2) is 4.39 Å². The molecule has 2 atom stereocenters. The number of aliphatic hydroxyl groups is 2. The van der Waals surface area contributed by atoms with Gasteiger partial charge in [-0.2, -0.15) is 5.26 Å². The molecule has 3 nitrogen and oxygen atoms in total. The Morgan fingerprint density at radius 3 is 2.71 bits per heavy atom. The zero-order valence-corrected chi connectivity index (χ0v) is 9.86. The van der Waals surface area contributed by atoms with Crippen LogP contribution in [0.15, 0.2) is 18.2 Å². The Morgan fingerprint density at radius 2 is 2.12 bits per heavy atom. The van der Waals surface area contributed by atoms with Crippen molar-refractivity contribution in [2.75, 3.05) is 5.88 Å². The zero-order valence-electron chi connectivity index (χ0n) is 9.11. The highest BCUT2D eigenvalue weighted by molar-refractivity contribution is 6.17. The minimum Gasteiger partial charge on any atom is -0.390 e. The lowest BCUT2D eigenvalue weighted by molar-refractivity contribution is 0.0169. The highest BCUT2D eigenvalue weighted by Gasteiger charge is 2.18. The second-order valence-electron chi connectivity index (χ2n) is 3.68. The van der Waals surface area contributed by atoms with Crippen molar-refractivity contribution in [3.63, 3.8) is 0 Å². The van der Waals surface area contributed by atoms with Crippen molar-refractivity contribution >= 4 is 11.6 Å². The molecule has 1 rings (SSSR count). The quantitative estimate of drug-likeness (QED) is 0.792. The molecule has 0 amide bonds. The Bertz CT molecular complexity index is 419. The van der Waals surface area contributed by atoms with E-state index in [2.05, 4.69) is 0 Å². The van der Waals surface area contributed by atoms with Crippen LogP contribution in [0.2, 0.25) is 0 Å². The fourth-order valence-electron chi connectivity index (χ4n) is 1.49. The molecule has 0 aromatic heterocycles. The Morgan fingerprint density at radius 1 is 1.41 bits per heavy atom. The topological polar surface area (TPSA) is 64.2 Å². The van der Waals surface area contributed by atoms with Gasteiger partial charge in [-0.15, -0.1) is 11.6 Å². The first-order valence-electron chi connectivity index (χ1n) is 5.17. The number of nitrogens with zero attached hydrogens (tertiary/aromatic N) is 1. The minimum absolute atomic E-state index is 0.0714. The van der Waals surface area contributed by atoms with E-state index in [1.807, 2.05) is 6.07 Å². The summed E-state index contributed by atoms with van der Waals surface area (Å²) in [5, 5.41) is 27.9. The molecule has 92 valence electrons. The Hall–Kier alpha value is -1.15. The average Bonchev–Trinajstić information content (AvgIpc) is 2.31. The molecule has 0 fully saturated rings. The number of hydrogen-bond acceptors (Lipinski definition) is 3. The summed E-state index contributed by atoms with van der Waals surface area (Å²) in [5.41, 5.74) is 0.594. The van der Waals surface area contributed by atoms with Crippen LogP contribution < -0.4 is 0 Å². The zero-order chi connectivity index (χ0) is 12.8. The number of benzene rings is 1. The van der Waals surface area contributed by atoms with Crippen molar-refractivity contribution in [3.05, 3.63) is 35.1 Å². The maximum atomic E-state index is 13.3. The Labute approximate surface area is 104 Å². The lowest BCUT2D eigenvalue weighted by Gasteiger charge is -2.17. The highest BCUT2D eigenvalue weighted by atomic mass is 35.5. The maximum Gasteiger partial charge on any atom is 0.127 e. The van der Waals surface area contributed by atoms with Gasteiger partial charge in [0.1, 0.15) is 11.9 Å². The van der Waals surface area contributed by atoms with Crippen LogP contribution in [0.1, 0.15) is 23.7 Å². The third-order valence-electron chi connectivity index (χ3n) is 2.45. The second-order valence-corrected chi connectivity index (χ2v) is 4.05. The van der Waals surface area contributed by atoms with E-state index in [1.54, 1.807) is 0 Å². The largest absolute Gasteiger partial charge is 0.390 e. The number of halogens is 2. The first-order valence-corrected chi connectivity index (χ1v) is 5.71. The van der Waals surface area contributed by atoms with Gasteiger partial charge in [-0.05, 0) is 24.1 Å². The average molecular weight is 258 g/mol. The van der Waals surface area contributed by atoms with Crippen molar-refractivity contribution in [2.45, 2.75) is 25.0 Å². The molecule has 2 unspecified atom stereocenters. The summed E-state index contributed by atoms with van der Waals surface area (Å²) in [6, 6.07) is 5.80. The van der Waals surface area contributed by atoms with E-state index in [1.165, 1.54) is 18.2 Å². The lowest BCUT2D eigenvalue weighted by atomic mass is 9.99. The molecular weight excluding hydrogens is 245 g/mol. The van der Waals surface area contributed by atoms with Gasteiger partial charge in [0.2, 0.25) is 0 Å². The van der Waals surface area contributed by atoms with Crippen molar-refractivity contribution in [1.29, 1.82) is 5.26 Å². The molecule has 1 aromatic carbocycles. The fraction of sp³-hybridized carbons (Fsp3) is 0.417. The van der Waals surface area contributed by atoms with Gasteiger partial charge in [0.05, 0.1) is 18.6 Å². The van der Waals surface area contributed by atoms with Crippen LogP contribution in [0, 0.1) is 17.1 Å². The van der Waals surface area contributed by atoms with E-state index >= 15 is 0 Å². The van der Waals surface area contributed by atoms with Crippen LogP contribution in [0.3, 0.4) is 0 Å². The number of nitriles is 1. The predicted molar refractivity (Wildman–Crippen MR) is 62.0 cm³/mol. The molecule has 0 saturated heterocycles. The SMILES string of the molecule is N#CCc1cc(C(O)C(O)CCCl)ccc1F. The molecule has 0 heterocycles. The number of rotatable bonds is 5. The summed E-state index contributed by atoms with van der Waals surface area (Å²) >= 11 is 5.46. The number of alkyl halides is 1. The van der Waals surface area contributed by atoms with E-state index < -0.39 is 18.0 Å². The van der Waals surface area contributed by atoms with E-state index in [0.29, 0.717) is 5.56 Å². The molecule has 0 aliphatic rings. The van der Waals surface area contributed by atoms with Gasteiger partial charge in [0.25, 0.3) is 0 Å². The van der Waals surface area contributed by atoms with E-state index in [0.717, 1.165) is 0 Å². The molecule has 0 saturated carbocycles. The minimum atomic E-state index is -1.12. The lowest BCUT2D eigenvalue weighted by Crippen LogP contribution is -2.19. The Kier molecular flexibility index (Phi) is 5.36. The molecule has 0 aliphatic carbocycles. The van der Waals surface area contributed by atoms with Crippen molar-refractivity contribution in [1.82, 2.24) is 0 Å². The molecular formula is C12H13ClFNO2. The van der Waals surface area contributed by atoms with Gasteiger partial charge in [0.15, 0.2) is 0 Å². The van der Waals surface area contributed by atoms with E-state index in [-0.39, 0.29) is 24.3 Å². The molecule has 0 spiro atoms. The molecule has 0 aliphatic heterocycles. The van der Waals surface area contributed by atoms with Gasteiger partial charge < -0.3 is 10.2 Å². The molecule has 1 aromatic rings. The number of hydrogen-bond donors (Lipinski definition) is 2. The van der Waals surface area contributed by atoms with Gasteiger partial charge in [-0.1, -0.05) is 6.07 Å². The predicted octanol–water partition coefficient (Wildman–Crippen LogP) is 1.91. The van der Waals surface area contributed by atoms with Crippen LogP contribution in [0.4, 0.5) is 4.39 Å². The standard InChI is InChI=1S/C12H13ClFNO2/c13-5-3-11(16)12(17)9-1-2-10(14)8(7-9)4-6-15/h1-2,7,11-12,16-17H,3-5H2. The molecule has 0 radical (unpaired) electrons. The van der Waals surface area contributed by atoms with Crippen LogP contribution in [0.25, 0.3) is 0 Å². The smallest absolute Gasteiger partial charge is 0.127 e. The van der Waals surface area contributed by atoms with Gasteiger partial charge in [0, 0.05) is 11.4 Å². The fourth-order valence-corrected chi connectivity index (χ4v) is 1.71. The van der Waals surface area contributed by atoms with Gasteiger partial charge in [-0.3, -0.25) is 0 Å². The summed E-state index contributed by atoms with van der Waals surface area (Å²) in [6.07, 6.45) is -1.94. The maximum absolute atomic E-state index is 13.3. The molecule has 0 bridgehead atoms. The monoisotopic (exact) mass is 257 g/mol. The summed E-state index contributed by atoms with van der Waals surface area (Å²) in [5.74, 6) is -0.265. The van der Waals surface area contributed by atoms with Crippen LogP contribution in [-0.4, -0.2) is 22.2 Å². The third kappa shape index (κ3) is 3.67. The summed E-state index contributed by atoms with van der Waals surface area (Å²) in [4.78, 5) is 0. The van der Waals surface area contributed by atoms with E-state index in [4.69, 9.17) is 16.9 Å². The molecule has 2 N–H and O–H groups in total. The number of aliphatic hydroxyl groups excluding tert-OH is 2. The molecule has 5 heteroatoms. The van der Waals surface area contributed by atoms with Crippen LogP contribution in [0.5, 0.6) is 0 Å². The second kappa shape index (κ2) is 6.55. The van der Waals surface area contributed by atoms with Crippen LogP contribution in [-0.2, 0) is 6.42 Å². The first-order chi connectivity index (χ1) is 8.10. The Balaban J connectivity index is 2.91. The highest BCUT2D eigenvalue weighted by Crippen LogP contribution is 2.22. The van der Waals surface area contributed by atoms with Crippen molar-refractivity contribution < 1.29 is 14.6 Å². The molecule has 17 heavy (non-hydrogen) atoms.